The summed E-state index contributed by atoms with van der Waals surface area (Å²) in [5, 5.41) is 0. The fourth-order valence-corrected chi connectivity index (χ4v) is 0.117. The summed E-state index contributed by atoms with van der Waals surface area (Å²) in [5.41, 5.74) is 0. The van der Waals surface area contributed by atoms with Gasteiger partial charge in [-0.3, -0.25) is 4.79 Å². The summed E-state index contributed by atoms with van der Waals surface area (Å²) in [6, 6.07) is 0. The van der Waals surface area contributed by atoms with Crippen molar-refractivity contribution >= 4 is 16.9 Å². The van der Waals surface area contributed by atoms with Crippen molar-refractivity contribution in [3.8, 4) is 0 Å². The van der Waals surface area contributed by atoms with Gasteiger partial charge in [0.25, 0.3) is 0 Å². The molecule has 0 saturated heterocycles. The molecule has 0 rings (SSSR count). The second-order valence-corrected chi connectivity index (χ2v) is 0.776. The van der Waals surface area contributed by atoms with Gasteiger partial charge in [0.2, 0.25) is 0 Å². The maximum atomic E-state index is 9.75. The standard InChI is InChI=1S/C4H6O2.H4Si/c1-3-6-4(2)5;/h3H,1H2,2H3;1H4. The molecule has 0 N–H and O–H groups in total. The lowest BCUT2D eigenvalue weighted by molar-refractivity contribution is -0.135. The molecule has 0 aromatic rings. The van der Waals surface area contributed by atoms with E-state index in [2.05, 4.69) is 11.3 Å². The Balaban J connectivity index is 0. The third kappa shape index (κ3) is 10.8. The van der Waals surface area contributed by atoms with Gasteiger partial charge >= 0.3 is 5.97 Å². The molecular formula is C4H10O2Si. The molecule has 0 unspecified atom stereocenters. The second kappa shape index (κ2) is 5.43. The first kappa shape index (κ1) is 9.66. The van der Waals surface area contributed by atoms with E-state index in [1.165, 1.54) is 6.92 Å². The highest BCUT2D eigenvalue weighted by atomic mass is 28.1. The smallest absolute Gasteiger partial charge is 0.307 e. The summed E-state index contributed by atoms with van der Waals surface area (Å²) in [6.45, 7) is 4.48. The Kier molecular flexibility index (Phi) is 7.49. The summed E-state index contributed by atoms with van der Waals surface area (Å²) in [7, 11) is 0. The maximum absolute atomic E-state index is 9.75. The van der Waals surface area contributed by atoms with E-state index in [0.29, 0.717) is 0 Å². The summed E-state index contributed by atoms with van der Waals surface area (Å²) < 4.78 is 4.17. The van der Waals surface area contributed by atoms with Crippen molar-refractivity contribution in [2.24, 2.45) is 0 Å². The van der Waals surface area contributed by atoms with Crippen LogP contribution in [0.4, 0.5) is 0 Å². The largest absolute Gasteiger partial charge is 0.435 e. The predicted octanol–water partition coefficient (Wildman–Crippen LogP) is -0.759. The van der Waals surface area contributed by atoms with Gasteiger partial charge < -0.3 is 4.74 Å². The average Bonchev–Trinajstić information content (AvgIpc) is 1.35. The minimum Gasteiger partial charge on any atom is -0.435 e. The van der Waals surface area contributed by atoms with Gasteiger partial charge in [-0.05, 0) is 11.0 Å². The molecule has 0 spiro atoms. The van der Waals surface area contributed by atoms with Crippen LogP contribution in [0.1, 0.15) is 6.92 Å². The monoisotopic (exact) mass is 118 g/mol. The Hall–Kier alpha value is -0.573. The lowest BCUT2D eigenvalue weighted by Crippen LogP contribution is -1.87. The number of carbonyl (C=O) groups is 1. The summed E-state index contributed by atoms with van der Waals surface area (Å²) >= 11 is 0. The summed E-state index contributed by atoms with van der Waals surface area (Å²) in [4.78, 5) is 9.75. The number of hydrogen-bond donors (Lipinski definition) is 0. The molecule has 0 aromatic heterocycles. The Labute approximate surface area is 47.2 Å². The highest BCUT2D eigenvalue weighted by molar-refractivity contribution is 5.75. The van der Waals surface area contributed by atoms with Crippen molar-refractivity contribution in [2.45, 2.75) is 6.92 Å². The van der Waals surface area contributed by atoms with Gasteiger partial charge in [0.15, 0.2) is 0 Å². The van der Waals surface area contributed by atoms with E-state index in [1.54, 1.807) is 0 Å². The van der Waals surface area contributed by atoms with Crippen LogP contribution >= 0.6 is 0 Å². The maximum Gasteiger partial charge on any atom is 0.307 e. The number of esters is 1. The van der Waals surface area contributed by atoms with E-state index in [1.807, 2.05) is 0 Å². The van der Waals surface area contributed by atoms with E-state index >= 15 is 0 Å². The molecule has 7 heavy (non-hydrogen) atoms. The van der Waals surface area contributed by atoms with Crippen LogP contribution in [0.25, 0.3) is 0 Å². The van der Waals surface area contributed by atoms with Crippen LogP contribution in [0.5, 0.6) is 0 Å². The van der Waals surface area contributed by atoms with E-state index in [4.69, 9.17) is 0 Å². The van der Waals surface area contributed by atoms with E-state index < -0.39 is 0 Å². The fraction of sp³-hybridized carbons (Fsp3) is 0.250. The van der Waals surface area contributed by atoms with Crippen molar-refractivity contribution in [1.82, 2.24) is 0 Å². The van der Waals surface area contributed by atoms with Gasteiger partial charge in [-0.2, -0.15) is 0 Å². The molecule has 2 nitrogen and oxygen atoms in total. The predicted molar refractivity (Wildman–Crippen MR) is 33.3 cm³/mol. The van der Waals surface area contributed by atoms with Crippen LogP contribution in [0.2, 0.25) is 0 Å². The van der Waals surface area contributed by atoms with Crippen molar-refractivity contribution in [1.29, 1.82) is 0 Å². The molecular weight excluding hydrogens is 108 g/mol. The molecule has 0 atom stereocenters. The Morgan fingerprint density at radius 2 is 2.29 bits per heavy atom. The van der Waals surface area contributed by atoms with Crippen LogP contribution in [0.15, 0.2) is 12.8 Å². The van der Waals surface area contributed by atoms with E-state index in [-0.39, 0.29) is 16.9 Å². The molecule has 0 aliphatic heterocycles. The van der Waals surface area contributed by atoms with Crippen LogP contribution in [-0.2, 0) is 9.53 Å². The van der Waals surface area contributed by atoms with Crippen LogP contribution in [0.3, 0.4) is 0 Å². The quantitative estimate of drug-likeness (QED) is 0.257. The molecule has 0 heterocycles. The zero-order chi connectivity index (χ0) is 4.99. The van der Waals surface area contributed by atoms with Crippen molar-refractivity contribution in [3.05, 3.63) is 12.8 Å². The zero-order valence-electron chi connectivity index (χ0n) is 3.60. The van der Waals surface area contributed by atoms with Crippen LogP contribution < -0.4 is 0 Å². The van der Waals surface area contributed by atoms with Crippen LogP contribution in [0, 0.1) is 0 Å². The average molecular weight is 118 g/mol. The number of carbonyl (C=O) groups excluding carboxylic acids is 1. The Bertz CT molecular complexity index is 70.1. The van der Waals surface area contributed by atoms with Gasteiger partial charge in [-0.15, -0.1) is 0 Å². The summed E-state index contributed by atoms with van der Waals surface area (Å²) in [6.07, 6.45) is 1.10. The van der Waals surface area contributed by atoms with Crippen LogP contribution in [-0.4, -0.2) is 16.9 Å². The first-order valence-corrected chi connectivity index (χ1v) is 1.55. The van der Waals surface area contributed by atoms with Gasteiger partial charge in [-0.25, -0.2) is 0 Å². The van der Waals surface area contributed by atoms with Gasteiger partial charge in [-0.1, -0.05) is 6.58 Å². The normalized spacial score (nSPS) is 5.86. The lowest BCUT2D eigenvalue weighted by Gasteiger charge is -1.83. The molecule has 0 radical (unpaired) electrons. The van der Waals surface area contributed by atoms with Crippen molar-refractivity contribution < 1.29 is 9.53 Å². The van der Waals surface area contributed by atoms with E-state index in [9.17, 15) is 4.79 Å². The number of hydrogen-bond acceptors (Lipinski definition) is 2. The minimum absolute atomic E-state index is 0. The zero-order valence-corrected chi connectivity index (χ0v) is 3.60. The molecule has 42 valence electrons. The van der Waals surface area contributed by atoms with Crippen molar-refractivity contribution in [2.75, 3.05) is 0 Å². The molecule has 0 fully saturated rings. The van der Waals surface area contributed by atoms with Gasteiger partial charge in [0, 0.05) is 6.92 Å². The SMILES string of the molecule is C=COC(C)=O.[SiH4]. The Morgan fingerprint density at radius 3 is 2.29 bits per heavy atom. The first-order valence-electron chi connectivity index (χ1n) is 1.55. The van der Waals surface area contributed by atoms with Gasteiger partial charge in [0.1, 0.15) is 0 Å². The van der Waals surface area contributed by atoms with Crippen molar-refractivity contribution in [3.63, 3.8) is 0 Å². The topological polar surface area (TPSA) is 26.3 Å². The molecule has 0 amide bonds. The molecule has 0 aliphatic carbocycles. The highest BCUT2D eigenvalue weighted by Gasteiger charge is 1.79. The molecule has 3 heteroatoms. The molecule has 0 bridgehead atoms. The number of rotatable bonds is 1. The lowest BCUT2D eigenvalue weighted by atomic mass is 10.8. The highest BCUT2D eigenvalue weighted by Crippen LogP contribution is 1.70. The molecule has 0 saturated carbocycles. The Morgan fingerprint density at radius 1 is 1.86 bits per heavy atom. The molecule has 0 aromatic carbocycles. The number of ether oxygens (including phenoxy) is 1. The fourth-order valence-electron chi connectivity index (χ4n) is 0.117. The third-order valence-corrected chi connectivity index (χ3v) is 0.249. The summed E-state index contributed by atoms with van der Waals surface area (Å²) in [5.74, 6) is -0.329. The van der Waals surface area contributed by atoms with Gasteiger partial charge in [0.05, 0.1) is 6.26 Å². The minimum atomic E-state index is -0.329. The van der Waals surface area contributed by atoms with E-state index in [0.717, 1.165) is 6.26 Å². The first-order chi connectivity index (χ1) is 2.77. The third-order valence-electron chi connectivity index (χ3n) is 0.249. The second-order valence-electron chi connectivity index (χ2n) is 0.776. The molecule has 0 aliphatic rings.